The summed E-state index contributed by atoms with van der Waals surface area (Å²) in [6.45, 7) is 5.91. The summed E-state index contributed by atoms with van der Waals surface area (Å²) < 4.78 is 0. The molecule has 2 aliphatic rings. The fraction of sp³-hybridized carbons (Fsp3) is 0.471. The van der Waals surface area contributed by atoms with Crippen LogP contribution in [-0.2, 0) is 9.59 Å². The number of fused-ring (bicyclic) bond motifs is 2. The highest BCUT2D eigenvalue weighted by atomic mass is 32.1. The van der Waals surface area contributed by atoms with E-state index in [1.165, 1.54) is 51.4 Å². The van der Waals surface area contributed by atoms with Crippen LogP contribution in [0.3, 0.4) is 0 Å². The first-order chi connectivity index (χ1) is 19.7. The fourth-order valence-electron chi connectivity index (χ4n) is 6.01. The minimum absolute atomic E-state index is 0.0983. The van der Waals surface area contributed by atoms with Gasteiger partial charge in [0.25, 0.3) is 11.8 Å². The van der Waals surface area contributed by atoms with E-state index in [0.717, 1.165) is 81.5 Å². The molecule has 0 N–H and O–H groups in total. The molecule has 2 aliphatic heterocycles. The number of unbranched alkanes of at least 4 members (excludes halogenated alkanes) is 10. The van der Waals surface area contributed by atoms with Crippen LogP contribution < -0.4 is 20.2 Å². The fourth-order valence-corrected chi connectivity index (χ4v) is 7.56. The Kier molecular flexibility index (Phi) is 9.92. The first-order valence-electron chi connectivity index (χ1n) is 15.3. The number of rotatable bonds is 16. The van der Waals surface area contributed by atoms with Crippen LogP contribution in [0.25, 0.3) is 11.1 Å². The molecule has 0 saturated heterocycles. The summed E-state index contributed by atoms with van der Waals surface area (Å²) in [5.41, 5.74) is 3.50. The zero-order chi connectivity index (χ0) is 27.9. The van der Waals surface area contributed by atoms with E-state index in [1.807, 2.05) is 44.8 Å². The van der Waals surface area contributed by atoms with Crippen LogP contribution in [0.4, 0.5) is 11.4 Å². The van der Waals surface area contributed by atoms with Gasteiger partial charge in [-0.15, -0.1) is 22.7 Å². The number of anilines is 2. The molecule has 2 aromatic heterocycles. The van der Waals surface area contributed by atoms with Crippen LogP contribution in [0.15, 0.2) is 47.2 Å². The molecule has 212 valence electrons. The van der Waals surface area contributed by atoms with Crippen molar-refractivity contribution in [3.63, 3.8) is 0 Å². The third-order valence-corrected chi connectivity index (χ3v) is 9.93. The largest absolute Gasteiger partial charge is 0.308 e. The van der Waals surface area contributed by atoms with E-state index in [0.29, 0.717) is 0 Å². The van der Waals surface area contributed by atoms with Gasteiger partial charge in [0, 0.05) is 33.3 Å². The number of hydrogen-bond donors (Lipinski definition) is 0. The number of nitrogens with zero attached hydrogens (tertiary/aromatic N) is 2. The van der Waals surface area contributed by atoms with E-state index in [1.54, 1.807) is 22.7 Å². The van der Waals surface area contributed by atoms with Crippen LogP contribution >= 0.6 is 22.7 Å². The topological polar surface area (TPSA) is 40.6 Å². The molecule has 0 atom stereocenters. The summed E-state index contributed by atoms with van der Waals surface area (Å²) in [7, 11) is 0. The van der Waals surface area contributed by atoms with Crippen LogP contribution in [-0.4, -0.2) is 24.9 Å². The second kappa shape index (κ2) is 13.8. The van der Waals surface area contributed by atoms with Crippen molar-refractivity contribution in [3.8, 4) is 0 Å². The van der Waals surface area contributed by atoms with Crippen LogP contribution in [0.2, 0.25) is 0 Å². The minimum atomic E-state index is 0.0983. The molecule has 3 aromatic rings. The smallest absolute Gasteiger partial charge is 0.260 e. The summed E-state index contributed by atoms with van der Waals surface area (Å²) in [5, 5.41) is 6.03. The lowest BCUT2D eigenvalue weighted by atomic mass is 10.1. The lowest BCUT2D eigenvalue weighted by Crippen LogP contribution is -2.31. The highest BCUT2D eigenvalue weighted by molar-refractivity contribution is 7.11. The Morgan fingerprint density at radius 2 is 0.975 bits per heavy atom. The summed E-state index contributed by atoms with van der Waals surface area (Å²) >= 11 is 3.23. The maximum absolute atomic E-state index is 13.9. The Bertz CT molecular complexity index is 1310. The van der Waals surface area contributed by atoms with Crippen molar-refractivity contribution in [1.82, 2.24) is 0 Å². The zero-order valence-corrected chi connectivity index (χ0v) is 25.7. The van der Waals surface area contributed by atoms with Crippen molar-refractivity contribution in [2.45, 2.75) is 90.9 Å². The van der Waals surface area contributed by atoms with Gasteiger partial charge >= 0.3 is 0 Å². The molecule has 0 fully saturated rings. The van der Waals surface area contributed by atoms with E-state index in [4.69, 9.17) is 0 Å². The highest BCUT2D eigenvalue weighted by Crippen LogP contribution is 2.33. The van der Waals surface area contributed by atoms with Crippen molar-refractivity contribution >= 4 is 57.0 Å². The molecule has 40 heavy (non-hydrogen) atoms. The number of thiophene rings is 2. The first-order valence-corrected chi connectivity index (χ1v) is 17.1. The molecule has 0 bridgehead atoms. The maximum atomic E-state index is 13.9. The van der Waals surface area contributed by atoms with Crippen LogP contribution in [0.5, 0.6) is 0 Å². The van der Waals surface area contributed by atoms with Crippen LogP contribution in [0.1, 0.15) is 101 Å². The standard InChI is InChI=1S/C34H42N2O2S2/c1-3-5-7-9-11-13-19-35-27-23-26-28(24-25(27)31(33(35)37)29-17-15-21-39-29)36(20-14-12-10-8-6-4-2)34(38)32(26)30-18-16-22-40-30/h15-18,21-24H,3-14,19-20H2,1-2H3. The number of hydrogen-bond acceptors (Lipinski definition) is 4. The number of amides is 2. The molecule has 0 aliphatic carbocycles. The summed E-state index contributed by atoms with van der Waals surface area (Å²) in [5.74, 6) is 0.197. The molecular weight excluding hydrogens is 533 g/mol. The lowest BCUT2D eigenvalue weighted by molar-refractivity contribution is -0.113. The van der Waals surface area contributed by atoms with Gasteiger partial charge in [-0.25, -0.2) is 0 Å². The molecule has 1 aromatic carbocycles. The summed E-state index contributed by atoms with van der Waals surface area (Å²) in [6, 6.07) is 12.4. The Morgan fingerprint density at radius 1 is 0.575 bits per heavy atom. The predicted octanol–water partition coefficient (Wildman–Crippen LogP) is 7.62. The van der Waals surface area contributed by atoms with Gasteiger partial charge < -0.3 is 9.80 Å². The highest BCUT2D eigenvalue weighted by Gasteiger charge is 2.35. The van der Waals surface area contributed by atoms with Gasteiger partial charge in [-0.05, 0) is 47.9 Å². The molecule has 5 rings (SSSR count). The molecule has 0 radical (unpaired) electrons. The third kappa shape index (κ3) is 5.99. The average molecular weight is 575 g/mol. The van der Waals surface area contributed by atoms with Crippen molar-refractivity contribution in [2.24, 2.45) is 0 Å². The maximum Gasteiger partial charge on any atom is 0.260 e. The van der Waals surface area contributed by atoms with Crippen molar-refractivity contribution in [1.29, 1.82) is 0 Å². The monoisotopic (exact) mass is 574 g/mol. The van der Waals surface area contributed by atoms with Gasteiger partial charge in [0.15, 0.2) is 0 Å². The Balaban J connectivity index is 1.52. The second-order valence-electron chi connectivity index (χ2n) is 11.0. The van der Waals surface area contributed by atoms with Gasteiger partial charge in [-0.3, -0.25) is 9.59 Å². The first kappa shape index (κ1) is 28.8. The number of benzene rings is 1. The minimum Gasteiger partial charge on any atom is -0.308 e. The Hall–Kier alpha value is -2.70. The SMILES string of the molecule is CCCCCCCCN1C(=O)C(c2cccs2)=c2cc3c(cc21)=C(c1cccs1)C(=O)N3CCCCCCCC. The molecule has 4 nitrogen and oxygen atoms in total. The number of carbonyl (C=O) groups excluding carboxylic acids is 2. The summed E-state index contributed by atoms with van der Waals surface area (Å²) in [6.07, 6.45) is 14.2. The predicted molar refractivity (Wildman–Crippen MR) is 171 cm³/mol. The summed E-state index contributed by atoms with van der Waals surface area (Å²) in [4.78, 5) is 33.8. The second-order valence-corrected chi connectivity index (χ2v) is 12.9. The van der Waals surface area contributed by atoms with E-state index < -0.39 is 0 Å². The molecule has 6 heteroatoms. The molecule has 2 amide bonds. The van der Waals surface area contributed by atoms with Crippen molar-refractivity contribution in [3.05, 3.63) is 67.3 Å². The Morgan fingerprint density at radius 3 is 1.35 bits per heavy atom. The third-order valence-electron chi connectivity index (χ3n) is 8.16. The molecule has 0 unspecified atom stereocenters. The molecule has 0 spiro atoms. The van der Waals surface area contributed by atoms with Gasteiger partial charge in [-0.1, -0.05) is 90.2 Å². The number of carbonyl (C=O) groups is 2. The Labute approximate surface area is 247 Å². The lowest BCUT2D eigenvalue weighted by Gasteiger charge is -2.20. The molecular formula is C34H42N2O2S2. The van der Waals surface area contributed by atoms with Gasteiger partial charge in [0.2, 0.25) is 0 Å². The van der Waals surface area contributed by atoms with E-state index >= 15 is 0 Å². The zero-order valence-electron chi connectivity index (χ0n) is 24.0. The van der Waals surface area contributed by atoms with E-state index in [-0.39, 0.29) is 11.8 Å². The normalized spacial score (nSPS) is 14.6. The van der Waals surface area contributed by atoms with Crippen molar-refractivity contribution in [2.75, 3.05) is 22.9 Å². The van der Waals surface area contributed by atoms with Gasteiger partial charge in [-0.2, -0.15) is 0 Å². The van der Waals surface area contributed by atoms with Crippen molar-refractivity contribution < 1.29 is 9.59 Å². The molecule has 0 saturated carbocycles. The van der Waals surface area contributed by atoms with Gasteiger partial charge in [0.1, 0.15) is 0 Å². The van der Waals surface area contributed by atoms with Gasteiger partial charge in [0.05, 0.1) is 22.5 Å². The average Bonchev–Trinajstić information content (AvgIpc) is 3.75. The van der Waals surface area contributed by atoms with Crippen LogP contribution in [0, 0.1) is 0 Å². The van der Waals surface area contributed by atoms with E-state index in [2.05, 4.69) is 26.0 Å². The van der Waals surface area contributed by atoms with E-state index in [9.17, 15) is 9.59 Å². The quantitative estimate of drug-likeness (QED) is 0.165. The molecule has 4 heterocycles.